The molecular formula is C25H31N3O2S. The summed E-state index contributed by atoms with van der Waals surface area (Å²) in [6, 6.07) is 15.6. The summed E-state index contributed by atoms with van der Waals surface area (Å²) in [6.45, 7) is 8.75. The molecule has 1 aromatic heterocycles. The van der Waals surface area contributed by atoms with E-state index in [1.807, 2.05) is 53.9 Å². The molecule has 3 rings (SSSR count). The monoisotopic (exact) mass is 437 g/mol. The molecule has 1 heterocycles. The average Bonchev–Trinajstić information content (AvgIpc) is 3.16. The minimum atomic E-state index is 0.0594. The van der Waals surface area contributed by atoms with Gasteiger partial charge < -0.3 is 15.4 Å². The van der Waals surface area contributed by atoms with Gasteiger partial charge in [0.05, 0.1) is 12.8 Å². The summed E-state index contributed by atoms with van der Waals surface area (Å²) in [5.74, 6) is 1.23. The number of methoxy groups -OCH3 is 1. The summed E-state index contributed by atoms with van der Waals surface area (Å²) >= 11 is 1.55. The number of aromatic nitrogens is 1. The number of hydrogen-bond acceptors (Lipinski definition) is 5. The molecule has 3 aromatic rings. The first-order valence-electron chi connectivity index (χ1n) is 10.5. The number of carbonyl (C=O) groups is 1. The van der Waals surface area contributed by atoms with E-state index in [1.54, 1.807) is 18.4 Å². The van der Waals surface area contributed by atoms with E-state index in [2.05, 4.69) is 43.3 Å². The first-order chi connectivity index (χ1) is 14.7. The summed E-state index contributed by atoms with van der Waals surface area (Å²) in [6.07, 6.45) is 1.56. The molecule has 0 saturated carbocycles. The summed E-state index contributed by atoms with van der Waals surface area (Å²) in [7, 11) is 1.65. The van der Waals surface area contributed by atoms with Crippen molar-refractivity contribution in [2.45, 2.75) is 40.5 Å². The molecule has 2 N–H and O–H groups in total. The van der Waals surface area contributed by atoms with Crippen molar-refractivity contribution < 1.29 is 9.53 Å². The number of amides is 1. The van der Waals surface area contributed by atoms with Gasteiger partial charge in [-0.25, -0.2) is 4.98 Å². The van der Waals surface area contributed by atoms with Crippen LogP contribution in [0.1, 0.15) is 40.5 Å². The Morgan fingerprint density at radius 1 is 1.06 bits per heavy atom. The fraction of sp³-hybridized carbons (Fsp3) is 0.360. The minimum absolute atomic E-state index is 0.0594. The highest BCUT2D eigenvalue weighted by Gasteiger charge is 2.17. The van der Waals surface area contributed by atoms with Gasteiger partial charge in [-0.05, 0) is 54.2 Å². The summed E-state index contributed by atoms with van der Waals surface area (Å²) in [5.41, 5.74) is 3.91. The fourth-order valence-electron chi connectivity index (χ4n) is 3.63. The molecule has 0 aliphatic rings. The molecule has 164 valence electrons. The van der Waals surface area contributed by atoms with Crippen molar-refractivity contribution >= 4 is 33.8 Å². The molecule has 5 nitrogen and oxygen atoms in total. The third-order valence-corrected chi connectivity index (χ3v) is 5.56. The van der Waals surface area contributed by atoms with Gasteiger partial charge in [-0.15, -0.1) is 11.3 Å². The fourth-order valence-corrected chi connectivity index (χ4v) is 4.37. The first-order valence-corrected chi connectivity index (χ1v) is 11.4. The molecule has 0 spiro atoms. The van der Waals surface area contributed by atoms with Crippen LogP contribution in [0, 0.1) is 11.3 Å². The normalized spacial score (nSPS) is 12.3. The van der Waals surface area contributed by atoms with Crippen LogP contribution in [-0.2, 0) is 4.79 Å². The number of carbonyl (C=O) groups excluding carboxylic acids is 1. The van der Waals surface area contributed by atoms with E-state index in [-0.39, 0.29) is 11.3 Å². The highest BCUT2D eigenvalue weighted by molar-refractivity contribution is 7.14. The van der Waals surface area contributed by atoms with Crippen LogP contribution >= 0.6 is 11.3 Å². The molecule has 31 heavy (non-hydrogen) atoms. The Morgan fingerprint density at radius 2 is 1.71 bits per heavy atom. The molecule has 1 atom stereocenters. The van der Waals surface area contributed by atoms with Crippen LogP contribution < -0.4 is 15.4 Å². The first kappa shape index (κ1) is 22.8. The van der Waals surface area contributed by atoms with Gasteiger partial charge in [-0.2, -0.15) is 0 Å². The SMILES string of the molecule is COc1ccc(Nc2nc(-c3ccc(NC(=O)CC(C)CC(C)(C)C)cc3)cs2)cc1. The van der Waals surface area contributed by atoms with Crippen LogP contribution in [0.25, 0.3) is 11.3 Å². The van der Waals surface area contributed by atoms with Crippen LogP contribution in [0.15, 0.2) is 53.9 Å². The van der Waals surface area contributed by atoms with Gasteiger partial charge >= 0.3 is 0 Å². The number of rotatable bonds is 8. The van der Waals surface area contributed by atoms with Crippen LogP contribution in [0.3, 0.4) is 0 Å². The third-order valence-electron chi connectivity index (χ3n) is 4.80. The third kappa shape index (κ3) is 7.10. The van der Waals surface area contributed by atoms with Gasteiger partial charge in [0.1, 0.15) is 5.75 Å². The number of ether oxygens (including phenoxy) is 1. The van der Waals surface area contributed by atoms with E-state index in [1.165, 1.54) is 0 Å². The highest BCUT2D eigenvalue weighted by atomic mass is 32.1. The zero-order valence-corrected chi connectivity index (χ0v) is 19.7. The number of benzene rings is 2. The Bertz CT molecular complexity index is 989. The molecule has 6 heteroatoms. The average molecular weight is 438 g/mol. The number of hydrogen-bond donors (Lipinski definition) is 2. The lowest BCUT2D eigenvalue weighted by Gasteiger charge is -2.22. The van der Waals surface area contributed by atoms with Crippen LogP contribution in [-0.4, -0.2) is 18.0 Å². The zero-order chi connectivity index (χ0) is 22.4. The van der Waals surface area contributed by atoms with Crippen molar-refractivity contribution in [2.75, 3.05) is 17.7 Å². The van der Waals surface area contributed by atoms with Gasteiger partial charge in [-0.3, -0.25) is 4.79 Å². The Balaban J connectivity index is 1.57. The van der Waals surface area contributed by atoms with Crippen molar-refractivity contribution in [3.05, 3.63) is 53.9 Å². The summed E-state index contributed by atoms with van der Waals surface area (Å²) < 4.78 is 5.19. The number of nitrogens with one attached hydrogen (secondary N) is 2. The predicted octanol–water partition coefficient (Wildman–Crippen LogP) is 6.96. The van der Waals surface area contributed by atoms with E-state index >= 15 is 0 Å². The van der Waals surface area contributed by atoms with Crippen molar-refractivity contribution in [3.63, 3.8) is 0 Å². The van der Waals surface area contributed by atoms with Gasteiger partial charge in [0.2, 0.25) is 5.91 Å². The second kappa shape index (κ2) is 9.96. The largest absolute Gasteiger partial charge is 0.497 e. The maximum absolute atomic E-state index is 12.3. The van der Waals surface area contributed by atoms with Gasteiger partial charge in [0.15, 0.2) is 5.13 Å². The molecular weight excluding hydrogens is 406 g/mol. The summed E-state index contributed by atoms with van der Waals surface area (Å²) in [4.78, 5) is 17.0. The second-order valence-corrected chi connectivity index (χ2v) is 9.95. The van der Waals surface area contributed by atoms with E-state index in [0.717, 1.165) is 39.9 Å². The lowest BCUT2D eigenvalue weighted by atomic mass is 9.84. The molecule has 1 unspecified atom stereocenters. The smallest absolute Gasteiger partial charge is 0.224 e. The number of thiazole rings is 1. The van der Waals surface area contributed by atoms with Crippen molar-refractivity contribution in [3.8, 4) is 17.0 Å². The Labute approximate surface area is 188 Å². The minimum Gasteiger partial charge on any atom is -0.497 e. The number of anilines is 3. The van der Waals surface area contributed by atoms with Gasteiger partial charge in [-0.1, -0.05) is 39.8 Å². The van der Waals surface area contributed by atoms with Crippen LogP contribution in [0.2, 0.25) is 0 Å². The maximum atomic E-state index is 12.3. The highest BCUT2D eigenvalue weighted by Crippen LogP contribution is 2.29. The van der Waals surface area contributed by atoms with Crippen molar-refractivity contribution in [2.24, 2.45) is 11.3 Å². The van der Waals surface area contributed by atoms with Crippen LogP contribution in [0.5, 0.6) is 5.75 Å². The molecule has 2 aromatic carbocycles. The van der Waals surface area contributed by atoms with E-state index < -0.39 is 0 Å². The Morgan fingerprint density at radius 3 is 2.32 bits per heavy atom. The lowest BCUT2D eigenvalue weighted by Crippen LogP contribution is -2.18. The van der Waals surface area contributed by atoms with E-state index in [4.69, 9.17) is 4.74 Å². The molecule has 0 radical (unpaired) electrons. The number of nitrogens with zero attached hydrogens (tertiary/aromatic N) is 1. The lowest BCUT2D eigenvalue weighted by molar-refractivity contribution is -0.117. The topological polar surface area (TPSA) is 63.2 Å². The zero-order valence-electron chi connectivity index (χ0n) is 18.9. The van der Waals surface area contributed by atoms with Gasteiger partial charge in [0.25, 0.3) is 0 Å². The van der Waals surface area contributed by atoms with Gasteiger partial charge in [0, 0.05) is 28.7 Å². The molecule has 0 bridgehead atoms. The second-order valence-electron chi connectivity index (χ2n) is 9.09. The van der Waals surface area contributed by atoms with Crippen molar-refractivity contribution in [1.82, 2.24) is 4.98 Å². The van der Waals surface area contributed by atoms with E-state index in [9.17, 15) is 4.79 Å². The van der Waals surface area contributed by atoms with Crippen LogP contribution in [0.4, 0.5) is 16.5 Å². The molecule has 0 aliphatic heterocycles. The molecule has 1 amide bonds. The van der Waals surface area contributed by atoms with Crippen molar-refractivity contribution in [1.29, 1.82) is 0 Å². The summed E-state index contributed by atoms with van der Waals surface area (Å²) in [5, 5.41) is 9.16. The molecule has 0 fully saturated rings. The Hall–Kier alpha value is -2.86. The molecule has 0 aliphatic carbocycles. The Kier molecular flexibility index (Phi) is 7.33. The van der Waals surface area contributed by atoms with E-state index in [0.29, 0.717) is 12.3 Å². The maximum Gasteiger partial charge on any atom is 0.224 e. The standard InChI is InChI=1S/C25H31N3O2S/c1-17(15-25(2,3)4)14-23(29)26-19-8-6-18(7-9-19)22-16-31-24(28-22)27-20-10-12-21(30-5)13-11-20/h6-13,16-17H,14-15H2,1-5H3,(H,26,29)(H,27,28). The molecule has 0 saturated heterocycles. The quantitative estimate of drug-likeness (QED) is 0.400. The predicted molar refractivity (Wildman–Crippen MR) is 130 cm³/mol.